The molecule has 0 aromatic heterocycles. The van der Waals surface area contributed by atoms with Crippen molar-refractivity contribution in [2.24, 2.45) is 0 Å². The summed E-state index contributed by atoms with van der Waals surface area (Å²) in [6.07, 6.45) is -0.441. The lowest BCUT2D eigenvalue weighted by molar-refractivity contribution is 0.0841. The van der Waals surface area contributed by atoms with Crippen LogP contribution >= 0.6 is 0 Å². The normalized spacial score (nSPS) is 15.1. The summed E-state index contributed by atoms with van der Waals surface area (Å²) in [5.41, 5.74) is 1.04. The number of Topliss-reactive ketones (excluding diaryl/α,β-unsaturated/α-hetero) is 1. The van der Waals surface area contributed by atoms with Crippen LogP contribution in [0, 0.1) is 0 Å². The second kappa shape index (κ2) is 8.38. The number of ether oxygens (including phenoxy) is 7. The molecular formula is C21H24O8. The Bertz CT molecular complexity index is 896. The Morgan fingerprint density at radius 3 is 1.72 bits per heavy atom. The molecule has 156 valence electrons. The number of rotatable bonds is 7. The molecule has 0 N–H and O–H groups in total. The number of carbonyl (C=O) groups is 1. The van der Waals surface area contributed by atoms with Crippen molar-refractivity contribution in [2.75, 3.05) is 42.7 Å². The Morgan fingerprint density at radius 1 is 0.724 bits per heavy atom. The van der Waals surface area contributed by atoms with Gasteiger partial charge in [-0.2, -0.15) is 0 Å². The first-order chi connectivity index (χ1) is 14.0. The lowest BCUT2D eigenvalue weighted by atomic mass is 9.94. The van der Waals surface area contributed by atoms with E-state index in [0.29, 0.717) is 45.6 Å². The fourth-order valence-corrected chi connectivity index (χ4v) is 3.43. The van der Waals surface area contributed by atoms with E-state index in [9.17, 15) is 4.79 Å². The smallest absolute Gasteiger partial charge is 0.204 e. The molecule has 0 radical (unpaired) electrons. The highest BCUT2D eigenvalue weighted by atomic mass is 16.5. The Balaban J connectivity index is 2.10. The van der Waals surface area contributed by atoms with Gasteiger partial charge in [0, 0.05) is 11.6 Å². The topological polar surface area (TPSA) is 81.7 Å². The molecular weight excluding hydrogens is 380 g/mol. The van der Waals surface area contributed by atoms with E-state index in [1.54, 1.807) is 18.2 Å². The molecule has 0 spiro atoms. The highest BCUT2D eigenvalue weighted by Crippen LogP contribution is 2.50. The Labute approximate surface area is 169 Å². The zero-order valence-corrected chi connectivity index (χ0v) is 17.3. The molecule has 3 rings (SSSR count). The lowest BCUT2D eigenvalue weighted by Gasteiger charge is -2.28. The SMILES string of the molecule is COc1cc(C2CC(=O)c3c(cc(OC)c(OC)c3OC)O2)cc(OC)c1OC. The van der Waals surface area contributed by atoms with Crippen LogP contribution < -0.4 is 33.2 Å². The summed E-state index contributed by atoms with van der Waals surface area (Å²) in [6.45, 7) is 0. The molecule has 0 saturated carbocycles. The molecule has 0 fully saturated rings. The number of fused-ring (bicyclic) bond motifs is 1. The quantitative estimate of drug-likeness (QED) is 0.694. The Morgan fingerprint density at radius 2 is 1.24 bits per heavy atom. The highest BCUT2D eigenvalue weighted by molar-refractivity contribution is 6.04. The molecule has 0 aliphatic carbocycles. The van der Waals surface area contributed by atoms with Gasteiger partial charge in [-0.25, -0.2) is 0 Å². The number of carbonyl (C=O) groups excluding carboxylic acids is 1. The summed E-state index contributed by atoms with van der Waals surface area (Å²) in [4.78, 5) is 13.0. The van der Waals surface area contributed by atoms with E-state index >= 15 is 0 Å². The van der Waals surface area contributed by atoms with E-state index in [0.717, 1.165) is 0 Å². The van der Waals surface area contributed by atoms with Gasteiger partial charge in [-0.1, -0.05) is 0 Å². The van der Waals surface area contributed by atoms with Crippen molar-refractivity contribution in [1.82, 2.24) is 0 Å². The first-order valence-corrected chi connectivity index (χ1v) is 8.85. The molecule has 1 aliphatic rings. The Kier molecular flexibility index (Phi) is 5.91. The van der Waals surface area contributed by atoms with Crippen LogP contribution in [0.3, 0.4) is 0 Å². The molecule has 0 saturated heterocycles. The van der Waals surface area contributed by atoms with Crippen LogP contribution in [0.1, 0.15) is 28.4 Å². The zero-order chi connectivity index (χ0) is 21.1. The van der Waals surface area contributed by atoms with E-state index in [4.69, 9.17) is 33.2 Å². The molecule has 8 heteroatoms. The molecule has 2 aromatic carbocycles. The fraction of sp³-hybridized carbons (Fsp3) is 0.381. The van der Waals surface area contributed by atoms with E-state index in [1.807, 2.05) is 0 Å². The van der Waals surface area contributed by atoms with E-state index in [1.165, 1.54) is 42.7 Å². The minimum absolute atomic E-state index is 0.109. The number of hydrogen-bond acceptors (Lipinski definition) is 8. The molecule has 29 heavy (non-hydrogen) atoms. The molecule has 8 nitrogen and oxygen atoms in total. The van der Waals surface area contributed by atoms with Gasteiger partial charge in [0.15, 0.2) is 28.8 Å². The number of ketones is 1. The van der Waals surface area contributed by atoms with Gasteiger partial charge in [-0.15, -0.1) is 0 Å². The third kappa shape index (κ3) is 3.46. The van der Waals surface area contributed by atoms with Crippen molar-refractivity contribution < 1.29 is 38.0 Å². The van der Waals surface area contributed by atoms with Gasteiger partial charge in [0.2, 0.25) is 11.5 Å². The summed E-state index contributed by atoms with van der Waals surface area (Å²) >= 11 is 0. The molecule has 1 aliphatic heterocycles. The summed E-state index contributed by atoms with van der Waals surface area (Å²) in [5, 5.41) is 0. The molecule has 1 unspecified atom stereocenters. The van der Waals surface area contributed by atoms with Crippen LogP contribution in [0.4, 0.5) is 0 Å². The fourth-order valence-electron chi connectivity index (χ4n) is 3.43. The third-order valence-corrected chi connectivity index (χ3v) is 4.77. The predicted molar refractivity (Wildman–Crippen MR) is 105 cm³/mol. The maximum Gasteiger partial charge on any atom is 0.204 e. The maximum absolute atomic E-state index is 13.0. The first-order valence-electron chi connectivity index (χ1n) is 8.85. The van der Waals surface area contributed by atoms with E-state index in [2.05, 4.69) is 0 Å². The van der Waals surface area contributed by atoms with Crippen LogP contribution in [0.25, 0.3) is 0 Å². The first kappa shape index (κ1) is 20.4. The number of benzene rings is 2. The predicted octanol–water partition coefficient (Wildman–Crippen LogP) is 3.44. The van der Waals surface area contributed by atoms with Gasteiger partial charge in [0.25, 0.3) is 0 Å². The van der Waals surface area contributed by atoms with Crippen molar-refractivity contribution in [3.8, 4) is 40.2 Å². The zero-order valence-electron chi connectivity index (χ0n) is 17.3. The van der Waals surface area contributed by atoms with Gasteiger partial charge in [-0.05, 0) is 12.1 Å². The van der Waals surface area contributed by atoms with Gasteiger partial charge in [0.05, 0.1) is 49.1 Å². The molecule has 0 amide bonds. The average molecular weight is 404 g/mol. The van der Waals surface area contributed by atoms with Crippen LogP contribution in [-0.4, -0.2) is 48.4 Å². The van der Waals surface area contributed by atoms with Gasteiger partial charge in [0.1, 0.15) is 17.4 Å². The summed E-state index contributed by atoms with van der Waals surface area (Å²) in [6, 6.07) is 5.16. The van der Waals surface area contributed by atoms with Crippen molar-refractivity contribution in [3.05, 3.63) is 29.3 Å². The summed E-state index contributed by atoms with van der Waals surface area (Å²) < 4.78 is 38.5. The van der Waals surface area contributed by atoms with Crippen molar-refractivity contribution >= 4 is 5.78 Å². The average Bonchev–Trinajstić information content (AvgIpc) is 2.76. The minimum atomic E-state index is -0.550. The van der Waals surface area contributed by atoms with Gasteiger partial charge < -0.3 is 33.2 Å². The van der Waals surface area contributed by atoms with Crippen molar-refractivity contribution in [1.29, 1.82) is 0 Å². The molecule has 0 bridgehead atoms. The number of methoxy groups -OCH3 is 6. The summed E-state index contributed by atoms with van der Waals surface area (Å²) in [7, 11) is 9.06. The molecule has 2 aromatic rings. The minimum Gasteiger partial charge on any atom is -0.493 e. The molecule has 1 atom stereocenters. The van der Waals surface area contributed by atoms with E-state index in [-0.39, 0.29) is 18.0 Å². The monoisotopic (exact) mass is 404 g/mol. The van der Waals surface area contributed by atoms with Crippen LogP contribution in [0.2, 0.25) is 0 Å². The number of hydrogen-bond donors (Lipinski definition) is 0. The van der Waals surface area contributed by atoms with Crippen molar-refractivity contribution in [3.63, 3.8) is 0 Å². The third-order valence-electron chi connectivity index (χ3n) is 4.77. The largest absolute Gasteiger partial charge is 0.493 e. The van der Waals surface area contributed by atoms with Gasteiger partial charge >= 0.3 is 0 Å². The van der Waals surface area contributed by atoms with Gasteiger partial charge in [-0.3, -0.25) is 4.79 Å². The summed E-state index contributed by atoms with van der Waals surface area (Å²) in [5.74, 6) is 2.68. The highest BCUT2D eigenvalue weighted by Gasteiger charge is 2.35. The van der Waals surface area contributed by atoms with E-state index < -0.39 is 6.10 Å². The van der Waals surface area contributed by atoms with Crippen LogP contribution in [-0.2, 0) is 0 Å². The standard InChI is InChI=1S/C21H24O8/c1-23-15-7-11(8-16(24-2)19(15)26-4)13-9-12(22)18-14(29-13)10-17(25-3)20(27-5)21(18)28-6/h7-8,10,13H,9H2,1-6H3. The second-order valence-electron chi connectivity index (χ2n) is 6.21. The second-order valence-corrected chi connectivity index (χ2v) is 6.21. The van der Waals surface area contributed by atoms with Crippen molar-refractivity contribution in [2.45, 2.75) is 12.5 Å². The Hall–Kier alpha value is -3.29. The maximum atomic E-state index is 13.0. The van der Waals surface area contributed by atoms with Crippen LogP contribution in [0.5, 0.6) is 40.2 Å². The molecule has 1 heterocycles. The van der Waals surface area contributed by atoms with Crippen LogP contribution in [0.15, 0.2) is 18.2 Å². The lowest BCUT2D eigenvalue weighted by Crippen LogP contribution is -2.21.